The summed E-state index contributed by atoms with van der Waals surface area (Å²) in [6.07, 6.45) is 6.92. The third-order valence-electron chi connectivity index (χ3n) is 2.54. The second kappa shape index (κ2) is 8.81. The summed E-state index contributed by atoms with van der Waals surface area (Å²) >= 11 is 0. The van der Waals surface area contributed by atoms with Gasteiger partial charge in [0.05, 0.1) is 11.4 Å². The Balaban J connectivity index is 6.49. The zero-order valence-corrected chi connectivity index (χ0v) is 13.0. The predicted molar refractivity (Wildman–Crippen MR) is 92.4 cm³/mol. The van der Waals surface area contributed by atoms with E-state index in [1.165, 1.54) is 0 Å². The molecule has 0 rings (SSSR count). The van der Waals surface area contributed by atoms with Crippen molar-refractivity contribution in [2.24, 2.45) is 9.98 Å². The van der Waals surface area contributed by atoms with E-state index in [9.17, 15) is 0 Å². The Labute approximate surface area is 123 Å². The van der Waals surface area contributed by atoms with E-state index < -0.39 is 0 Å². The normalized spacial score (nSPS) is 11.9. The highest BCUT2D eigenvalue weighted by molar-refractivity contribution is 5.93. The third-order valence-corrected chi connectivity index (χ3v) is 2.54. The number of allylic oxidation sites excluding steroid dienone is 6. The second-order valence-electron chi connectivity index (χ2n) is 4.46. The summed E-state index contributed by atoms with van der Waals surface area (Å²) in [6.45, 7) is 22.9. The molecule has 0 aromatic carbocycles. The van der Waals surface area contributed by atoms with Crippen LogP contribution in [0.4, 0.5) is 0 Å². The Kier molecular flexibility index (Phi) is 7.83. The molecule has 0 N–H and O–H groups in total. The Morgan fingerprint density at radius 3 is 1.60 bits per heavy atom. The van der Waals surface area contributed by atoms with Crippen molar-refractivity contribution in [2.75, 3.05) is 0 Å². The van der Waals surface area contributed by atoms with E-state index in [1.807, 2.05) is 27.7 Å². The fraction of sp³-hybridized carbons (Fsp3) is 0.222. The number of rotatable bonds is 7. The lowest BCUT2D eigenvalue weighted by Gasteiger charge is -2.10. The van der Waals surface area contributed by atoms with Crippen LogP contribution in [0.5, 0.6) is 0 Å². The average molecular weight is 268 g/mol. The molecule has 0 unspecified atom stereocenters. The van der Waals surface area contributed by atoms with Crippen LogP contribution in [0.1, 0.15) is 27.7 Å². The summed E-state index contributed by atoms with van der Waals surface area (Å²) < 4.78 is 0. The lowest BCUT2D eigenvalue weighted by molar-refractivity contribution is 1.17. The first kappa shape index (κ1) is 17.8. The lowest BCUT2D eigenvalue weighted by atomic mass is 10.1. The van der Waals surface area contributed by atoms with Crippen LogP contribution in [0.3, 0.4) is 0 Å². The maximum atomic E-state index is 4.58. The topological polar surface area (TPSA) is 24.7 Å². The standard InChI is InChI=1S/C18H24N2/c1-9-14(7)17(20-15(8)10-2)18(19-13(5)6)16(11-3)12-4/h9-12H,1-4H2,5-8H3. The first-order chi connectivity index (χ1) is 9.40. The van der Waals surface area contributed by atoms with Crippen LogP contribution < -0.4 is 0 Å². The summed E-state index contributed by atoms with van der Waals surface area (Å²) in [5.41, 5.74) is 5.02. The Bertz CT molecular complexity index is 524. The molecule has 106 valence electrons. The third kappa shape index (κ3) is 5.19. The predicted octanol–water partition coefficient (Wildman–Crippen LogP) is 5.20. The molecule has 0 fully saturated rings. The van der Waals surface area contributed by atoms with Gasteiger partial charge in [-0.1, -0.05) is 44.5 Å². The van der Waals surface area contributed by atoms with Crippen molar-refractivity contribution in [3.63, 3.8) is 0 Å². The van der Waals surface area contributed by atoms with Crippen molar-refractivity contribution in [1.29, 1.82) is 0 Å². The SMILES string of the molecule is C=CC(C)=NC(=C(C)C=C)C(N=C(C)C)=C(C=C)C=C. The molecule has 0 amide bonds. The van der Waals surface area contributed by atoms with Gasteiger partial charge in [-0.25, -0.2) is 0 Å². The van der Waals surface area contributed by atoms with E-state index in [-0.39, 0.29) is 0 Å². The van der Waals surface area contributed by atoms with Gasteiger partial charge in [0.15, 0.2) is 0 Å². The Morgan fingerprint density at radius 2 is 1.25 bits per heavy atom. The minimum Gasteiger partial charge on any atom is -0.256 e. The smallest absolute Gasteiger partial charge is 0.0959 e. The van der Waals surface area contributed by atoms with E-state index in [0.29, 0.717) is 0 Å². The monoisotopic (exact) mass is 268 g/mol. The molecule has 20 heavy (non-hydrogen) atoms. The van der Waals surface area contributed by atoms with Gasteiger partial charge in [-0.05, 0) is 39.3 Å². The Morgan fingerprint density at radius 1 is 0.700 bits per heavy atom. The number of hydrogen-bond acceptors (Lipinski definition) is 2. The highest BCUT2D eigenvalue weighted by Crippen LogP contribution is 2.24. The minimum atomic E-state index is 0.744. The molecular weight excluding hydrogens is 244 g/mol. The van der Waals surface area contributed by atoms with Crippen molar-refractivity contribution in [3.05, 3.63) is 73.2 Å². The molecule has 2 heteroatoms. The van der Waals surface area contributed by atoms with Crippen LogP contribution in [-0.4, -0.2) is 11.4 Å². The fourth-order valence-electron chi connectivity index (χ4n) is 1.40. The van der Waals surface area contributed by atoms with Crippen molar-refractivity contribution >= 4 is 11.4 Å². The Hall–Kier alpha value is -2.22. The van der Waals surface area contributed by atoms with E-state index in [4.69, 9.17) is 0 Å². The molecule has 0 bridgehead atoms. The van der Waals surface area contributed by atoms with Gasteiger partial charge < -0.3 is 0 Å². The molecule has 0 radical (unpaired) electrons. The minimum absolute atomic E-state index is 0.744. The van der Waals surface area contributed by atoms with Gasteiger partial charge in [0.25, 0.3) is 0 Å². The van der Waals surface area contributed by atoms with E-state index >= 15 is 0 Å². The van der Waals surface area contributed by atoms with Crippen molar-refractivity contribution in [1.82, 2.24) is 0 Å². The average Bonchev–Trinajstić information content (AvgIpc) is 2.43. The summed E-state index contributed by atoms with van der Waals surface area (Å²) in [6, 6.07) is 0. The van der Waals surface area contributed by atoms with Crippen LogP contribution in [0, 0.1) is 0 Å². The highest BCUT2D eigenvalue weighted by Gasteiger charge is 2.10. The molecule has 0 saturated carbocycles. The van der Waals surface area contributed by atoms with Gasteiger partial charge in [0.1, 0.15) is 0 Å². The molecule has 0 saturated heterocycles. The second-order valence-corrected chi connectivity index (χ2v) is 4.46. The zero-order chi connectivity index (χ0) is 15.7. The van der Waals surface area contributed by atoms with Crippen molar-refractivity contribution < 1.29 is 0 Å². The molecule has 0 atom stereocenters. The van der Waals surface area contributed by atoms with Gasteiger partial charge in [-0.3, -0.25) is 9.98 Å². The lowest BCUT2D eigenvalue weighted by Crippen LogP contribution is -1.98. The maximum absolute atomic E-state index is 4.58. The molecular formula is C18H24N2. The van der Waals surface area contributed by atoms with Crippen LogP contribution in [0.25, 0.3) is 0 Å². The van der Waals surface area contributed by atoms with Crippen LogP contribution >= 0.6 is 0 Å². The first-order valence-corrected chi connectivity index (χ1v) is 6.43. The molecule has 0 spiro atoms. The fourth-order valence-corrected chi connectivity index (χ4v) is 1.40. The van der Waals surface area contributed by atoms with Gasteiger partial charge in [0, 0.05) is 17.0 Å². The molecule has 2 nitrogen and oxygen atoms in total. The molecule has 0 aromatic rings. The summed E-state index contributed by atoms with van der Waals surface area (Å²) in [7, 11) is 0. The molecule has 0 aliphatic carbocycles. The van der Waals surface area contributed by atoms with E-state index in [2.05, 4.69) is 36.3 Å². The number of nitrogens with zero attached hydrogens (tertiary/aromatic N) is 2. The van der Waals surface area contributed by atoms with Crippen LogP contribution in [0.15, 0.2) is 83.1 Å². The number of hydrogen-bond donors (Lipinski definition) is 0. The van der Waals surface area contributed by atoms with Crippen molar-refractivity contribution in [3.8, 4) is 0 Å². The largest absolute Gasteiger partial charge is 0.256 e. The maximum Gasteiger partial charge on any atom is 0.0959 e. The zero-order valence-electron chi connectivity index (χ0n) is 13.0. The number of aliphatic imine (C=N–C) groups is 2. The van der Waals surface area contributed by atoms with Gasteiger partial charge in [-0.2, -0.15) is 0 Å². The molecule has 0 heterocycles. The quantitative estimate of drug-likeness (QED) is 0.448. The highest BCUT2D eigenvalue weighted by atomic mass is 14.9. The first-order valence-electron chi connectivity index (χ1n) is 6.43. The van der Waals surface area contributed by atoms with Gasteiger partial charge >= 0.3 is 0 Å². The molecule has 0 aromatic heterocycles. The molecule has 0 aliphatic heterocycles. The summed E-state index contributed by atoms with van der Waals surface area (Å²) in [5, 5.41) is 0. The van der Waals surface area contributed by atoms with E-state index in [1.54, 1.807) is 24.3 Å². The summed E-state index contributed by atoms with van der Waals surface area (Å²) in [5.74, 6) is 0. The summed E-state index contributed by atoms with van der Waals surface area (Å²) in [4.78, 5) is 9.16. The van der Waals surface area contributed by atoms with Gasteiger partial charge in [0.2, 0.25) is 0 Å². The van der Waals surface area contributed by atoms with Crippen LogP contribution in [0.2, 0.25) is 0 Å². The van der Waals surface area contributed by atoms with Gasteiger partial charge in [-0.15, -0.1) is 0 Å². The van der Waals surface area contributed by atoms with Crippen LogP contribution in [-0.2, 0) is 0 Å². The van der Waals surface area contributed by atoms with E-state index in [0.717, 1.165) is 34.0 Å². The van der Waals surface area contributed by atoms with Crippen molar-refractivity contribution in [2.45, 2.75) is 27.7 Å². The molecule has 0 aliphatic rings.